The van der Waals surface area contributed by atoms with Gasteiger partial charge in [0.25, 0.3) is 0 Å². The average molecular weight is 443 g/mol. The van der Waals surface area contributed by atoms with Gasteiger partial charge in [0.15, 0.2) is 11.5 Å². The number of fused-ring (bicyclic) bond motifs is 1. The Labute approximate surface area is 187 Å². The first-order valence-corrected chi connectivity index (χ1v) is 11.0. The third-order valence-corrected chi connectivity index (χ3v) is 5.92. The van der Waals surface area contributed by atoms with Crippen molar-refractivity contribution in [1.82, 2.24) is 9.88 Å². The van der Waals surface area contributed by atoms with Gasteiger partial charge in [-0.3, -0.25) is 0 Å². The van der Waals surface area contributed by atoms with E-state index in [2.05, 4.69) is 17.1 Å². The Morgan fingerprint density at radius 1 is 1.06 bits per heavy atom. The van der Waals surface area contributed by atoms with Crippen molar-refractivity contribution in [3.8, 4) is 11.5 Å². The van der Waals surface area contributed by atoms with Gasteiger partial charge in [0.1, 0.15) is 5.60 Å². The molecule has 0 saturated heterocycles. The van der Waals surface area contributed by atoms with Crippen LogP contribution in [0.1, 0.15) is 26.3 Å². The number of aromatic amines is 1. The Bertz CT molecular complexity index is 1060. The number of rotatable bonds is 7. The first-order chi connectivity index (χ1) is 14.7. The molecule has 0 aliphatic carbocycles. The number of nitrogens with one attached hydrogen (secondary N) is 1. The fourth-order valence-electron chi connectivity index (χ4n) is 3.16. The van der Waals surface area contributed by atoms with Crippen molar-refractivity contribution in [2.75, 3.05) is 27.8 Å². The van der Waals surface area contributed by atoms with Gasteiger partial charge >= 0.3 is 6.09 Å². The zero-order valence-corrected chi connectivity index (χ0v) is 19.8. The first kappa shape index (κ1) is 22.9. The van der Waals surface area contributed by atoms with E-state index in [1.54, 1.807) is 37.9 Å². The van der Waals surface area contributed by atoms with E-state index in [1.165, 1.54) is 5.39 Å². The highest BCUT2D eigenvalue weighted by Gasteiger charge is 2.20. The van der Waals surface area contributed by atoms with Crippen LogP contribution in [0.25, 0.3) is 10.9 Å². The highest BCUT2D eigenvalue weighted by atomic mass is 32.2. The molecule has 7 heteroatoms. The summed E-state index contributed by atoms with van der Waals surface area (Å²) in [5.74, 6) is 1.34. The fourth-order valence-corrected chi connectivity index (χ4v) is 4.26. The van der Waals surface area contributed by atoms with Crippen molar-refractivity contribution in [1.29, 1.82) is 0 Å². The zero-order chi connectivity index (χ0) is 22.6. The highest BCUT2D eigenvalue weighted by molar-refractivity contribution is 7.99. The van der Waals surface area contributed by atoms with Gasteiger partial charge in [-0.15, -0.1) is 0 Å². The van der Waals surface area contributed by atoms with Crippen molar-refractivity contribution in [2.24, 2.45) is 0 Å². The molecular formula is C24H30N2O4S. The molecule has 2 aromatic carbocycles. The predicted molar refractivity (Wildman–Crippen MR) is 125 cm³/mol. The first-order valence-electron chi connectivity index (χ1n) is 10.1. The molecule has 0 saturated carbocycles. The topological polar surface area (TPSA) is 63.8 Å². The molecule has 1 amide bonds. The number of aromatic nitrogens is 1. The van der Waals surface area contributed by atoms with Crippen molar-refractivity contribution in [3.63, 3.8) is 0 Å². The molecule has 3 rings (SSSR count). The molecule has 1 heterocycles. The lowest BCUT2D eigenvalue weighted by molar-refractivity contribution is 0.0300. The smallest absolute Gasteiger partial charge is 0.410 e. The number of hydrogen-bond donors (Lipinski definition) is 1. The maximum atomic E-state index is 12.3. The number of para-hydroxylation sites is 1. The second-order valence-corrected chi connectivity index (χ2v) is 9.35. The van der Waals surface area contributed by atoms with Crippen LogP contribution in [-0.4, -0.2) is 49.4 Å². The molecule has 0 atom stereocenters. The molecule has 0 aliphatic rings. The number of likely N-dealkylation sites (N-methyl/N-ethyl adjacent to an activating group) is 1. The van der Waals surface area contributed by atoms with Crippen LogP contribution >= 0.6 is 11.8 Å². The van der Waals surface area contributed by atoms with Crippen LogP contribution in [0.15, 0.2) is 52.4 Å². The summed E-state index contributed by atoms with van der Waals surface area (Å²) in [4.78, 5) is 19.4. The summed E-state index contributed by atoms with van der Waals surface area (Å²) in [5, 5.41) is 1.17. The minimum absolute atomic E-state index is 0.334. The van der Waals surface area contributed by atoms with Crippen molar-refractivity contribution in [2.45, 2.75) is 42.6 Å². The Kier molecular flexibility index (Phi) is 7.05. The quantitative estimate of drug-likeness (QED) is 0.505. The number of amides is 1. The molecule has 6 nitrogen and oxygen atoms in total. The van der Waals surface area contributed by atoms with Gasteiger partial charge in [0.05, 0.1) is 14.2 Å². The molecule has 0 aliphatic heterocycles. The third kappa shape index (κ3) is 5.67. The van der Waals surface area contributed by atoms with Gasteiger partial charge in [-0.1, -0.05) is 30.0 Å². The number of benzene rings is 2. The molecule has 0 radical (unpaired) electrons. The second-order valence-electron chi connectivity index (χ2n) is 8.27. The van der Waals surface area contributed by atoms with E-state index in [4.69, 9.17) is 14.2 Å². The minimum Gasteiger partial charge on any atom is -0.493 e. The number of H-pyrrole nitrogens is 1. The Balaban J connectivity index is 1.87. The van der Waals surface area contributed by atoms with Gasteiger partial charge in [-0.05, 0) is 51.0 Å². The summed E-state index contributed by atoms with van der Waals surface area (Å²) in [6, 6.07) is 12.2. The summed E-state index contributed by atoms with van der Waals surface area (Å²) in [7, 11) is 5.01. The number of carbonyl (C=O) groups excluding carboxylic acids is 1. The molecule has 0 spiro atoms. The predicted octanol–water partition coefficient (Wildman–Crippen LogP) is 5.75. The monoisotopic (exact) mass is 442 g/mol. The molecular weight excluding hydrogens is 412 g/mol. The summed E-state index contributed by atoms with van der Waals surface area (Å²) >= 11 is 1.67. The summed E-state index contributed by atoms with van der Waals surface area (Å²) in [6.45, 7) is 6.11. The lowest BCUT2D eigenvalue weighted by Crippen LogP contribution is -2.35. The number of methoxy groups -OCH3 is 2. The Morgan fingerprint density at radius 3 is 2.42 bits per heavy atom. The van der Waals surface area contributed by atoms with Crippen LogP contribution in [0.4, 0.5) is 4.79 Å². The maximum Gasteiger partial charge on any atom is 0.410 e. The molecule has 0 bridgehead atoms. The van der Waals surface area contributed by atoms with E-state index in [9.17, 15) is 4.79 Å². The summed E-state index contributed by atoms with van der Waals surface area (Å²) in [5.41, 5.74) is 1.64. The Morgan fingerprint density at radius 2 is 1.74 bits per heavy atom. The minimum atomic E-state index is -0.523. The van der Waals surface area contributed by atoms with E-state index < -0.39 is 5.60 Å². The van der Waals surface area contributed by atoms with Gasteiger partial charge in [-0.25, -0.2) is 4.79 Å². The molecule has 3 aromatic rings. The number of ether oxygens (including phenoxy) is 3. The standard InChI is InChI=1S/C24H30N2O4S/c1-24(2,3)30-23(27)26(4)12-11-16-13-19(28-5)20(29-6)14-21(16)31-22-15-25-18-10-8-7-9-17(18)22/h7-10,13-15,25H,11-12H2,1-6H3. The number of carbonyl (C=O) groups is 1. The van der Waals surface area contributed by atoms with E-state index >= 15 is 0 Å². The maximum absolute atomic E-state index is 12.3. The average Bonchev–Trinajstić information content (AvgIpc) is 3.13. The van der Waals surface area contributed by atoms with Gasteiger partial charge in [-0.2, -0.15) is 0 Å². The zero-order valence-electron chi connectivity index (χ0n) is 18.9. The lowest BCUT2D eigenvalue weighted by Gasteiger charge is -2.25. The molecule has 0 unspecified atom stereocenters. The fraction of sp³-hybridized carbons (Fsp3) is 0.375. The molecule has 1 N–H and O–H groups in total. The van der Waals surface area contributed by atoms with Crippen molar-refractivity contribution >= 4 is 28.8 Å². The SMILES string of the molecule is COc1cc(CCN(C)C(=O)OC(C)(C)C)c(Sc2c[nH]c3ccccc23)cc1OC. The normalized spacial score (nSPS) is 11.4. The van der Waals surface area contributed by atoms with E-state index in [0.717, 1.165) is 20.9 Å². The van der Waals surface area contributed by atoms with Crippen molar-refractivity contribution in [3.05, 3.63) is 48.2 Å². The highest BCUT2D eigenvalue weighted by Crippen LogP contribution is 2.40. The molecule has 166 valence electrons. The molecule has 1 aromatic heterocycles. The number of nitrogens with zero attached hydrogens (tertiary/aromatic N) is 1. The van der Waals surface area contributed by atoms with E-state index in [0.29, 0.717) is 24.5 Å². The third-order valence-electron chi connectivity index (χ3n) is 4.76. The van der Waals surface area contributed by atoms with E-state index in [1.807, 2.05) is 51.2 Å². The summed E-state index contributed by atoms with van der Waals surface area (Å²) in [6.07, 6.45) is 2.34. The Hall–Kier alpha value is -2.80. The van der Waals surface area contributed by atoms with Crippen molar-refractivity contribution < 1.29 is 19.0 Å². The van der Waals surface area contributed by atoms with Crippen LogP contribution in [0.5, 0.6) is 11.5 Å². The van der Waals surface area contributed by atoms with Crippen LogP contribution in [-0.2, 0) is 11.2 Å². The lowest BCUT2D eigenvalue weighted by atomic mass is 10.1. The molecule has 31 heavy (non-hydrogen) atoms. The second kappa shape index (κ2) is 9.56. The number of hydrogen-bond acceptors (Lipinski definition) is 5. The van der Waals surface area contributed by atoms with E-state index in [-0.39, 0.29) is 6.09 Å². The van der Waals surface area contributed by atoms with Crippen LogP contribution in [0.2, 0.25) is 0 Å². The summed E-state index contributed by atoms with van der Waals surface area (Å²) < 4.78 is 16.5. The van der Waals surface area contributed by atoms with Crippen LogP contribution in [0.3, 0.4) is 0 Å². The van der Waals surface area contributed by atoms with Gasteiger partial charge in [0, 0.05) is 40.5 Å². The van der Waals surface area contributed by atoms with Gasteiger partial charge in [0.2, 0.25) is 0 Å². The van der Waals surface area contributed by atoms with Gasteiger partial charge < -0.3 is 24.1 Å². The van der Waals surface area contributed by atoms with Crippen LogP contribution in [0, 0.1) is 0 Å². The molecule has 0 fully saturated rings. The largest absolute Gasteiger partial charge is 0.493 e. The van der Waals surface area contributed by atoms with Crippen LogP contribution < -0.4 is 9.47 Å².